The summed E-state index contributed by atoms with van der Waals surface area (Å²) in [5, 5.41) is 2.60. The third-order valence-electron chi connectivity index (χ3n) is 6.37. The highest BCUT2D eigenvalue weighted by Crippen LogP contribution is 2.29. The molecule has 1 aliphatic rings. The number of amides is 1. The van der Waals surface area contributed by atoms with E-state index in [1.54, 1.807) is 0 Å². The van der Waals surface area contributed by atoms with Crippen LogP contribution in [0.15, 0.2) is 59.2 Å². The zero-order valence-electron chi connectivity index (χ0n) is 20.5. The van der Waals surface area contributed by atoms with E-state index in [0.29, 0.717) is 23.9 Å². The van der Waals surface area contributed by atoms with Crippen molar-refractivity contribution in [2.24, 2.45) is 0 Å². The molecule has 2 heterocycles. The molecule has 0 bridgehead atoms. The van der Waals surface area contributed by atoms with Crippen LogP contribution in [0.3, 0.4) is 0 Å². The second kappa shape index (κ2) is 11.3. The summed E-state index contributed by atoms with van der Waals surface area (Å²) in [6.07, 6.45) is -3.14. The molecule has 6 nitrogen and oxygen atoms in total. The van der Waals surface area contributed by atoms with Gasteiger partial charge < -0.3 is 9.73 Å². The molecule has 1 N–H and O–H groups in total. The van der Waals surface area contributed by atoms with E-state index in [1.807, 2.05) is 0 Å². The Hall–Kier alpha value is -3.17. The van der Waals surface area contributed by atoms with Gasteiger partial charge in [-0.3, -0.25) is 14.6 Å². The SMILES string of the molecule is CC(C)c1ccc(CN2CCN(Cc3nc(C(=O)NCc4cccc(C(F)(F)F)c4)co3)CC2)cc1. The van der Waals surface area contributed by atoms with Gasteiger partial charge in [-0.15, -0.1) is 0 Å². The lowest BCUT2D eigenvalue weighted by molar-refractivity contribution is -0.137. The minimum atomic E-state index is -4.43. The summed E-state index contributed by atoms with van der Waals surface area (Å²) >= 11 is 0. The number of alkyl halides is 3. The van der Waals surface area contributed by atoms with Crippen molar-refractivity contribution in [1.82, 2.24) is 20.1 Å². The number of oxazole rings is 1. The van der Waals surface area contributed by atoms with Gasteiger partial charge in [0, 0.05) is 39.3 Å². The minimum Gasteiger partial charge on any atom is -0.447 e. The number of rotatable bonds is 8. The van der Waals surface area contributed by atoms with Gasteiger partial charge in [0.15, 0.2) is 5.69 Å². The second-order valence-corrected chi connectivity index (χ2v) is 9.46. The molecule has 1 saturated heterocycles. The fraction of sp³-hybridized carbons (Fsp3) is 0.407. The van der Waals surface area contributed by atoms with Crippen molar-refractivity contribution < 1.29 is 22.4 Å². The Bertz CT molecular complexity index is 1150. The van der Waals surface area contributed by atoms with Crippen LogP contribution in [0.4, 0.5) is 13.2 Å². The molecule has 1 aromatic heterocycles. The highest BCUT2D eigenvalue weighted by Gasteiger charge is 2.30. The maximum atomic E-state index is 12.9. The highest BCUT2D eigenvalue weighted by atomic mass is 19.4. The Balaban J connectivity index is 1.22. The average molecular weight is 501 g/mol. The molecule has 0 atom stereocenters. The lowest BCUT2D eigenvalue weighted by Crippen LogP contribution is -2.45. The number of piperazine rings is 1. The zero-order valence-corrected chi connectivity index (χ0v) is 20.5. The number of nitrogens with one attached hydrogen (secondary N) is 1. The largest absolute Gasteiger partial charge is 0.447 e. The Kier molecular flexibility index (Phi) is 8.11. The monoisotopic (exact) mass is 500 g/mol. The summed E-state index contributed by atoms with van der Waals surface area (Å²) in [5.41, 5.74) is 2.37. The number of benzene rings is 2. The summed E-state index contributed by atoms with van der Waals surface area (Å²) in [5.74, 6) is 0.479. The van der Waals surface area contributed by atoms with Gasteiger partial charge in [0.1, 0.15) is 6.26 Å². The summed E-state index contributed by atoms with van der Waals surface area (Å²) < 4.78 is 44.1. The lowest BCUT2D eigenvalue weighted by Gasteiger charge is -2.34. The maximum absolute atomic E-state index is 12.9. The van der Waals surface area contributed by atoms with E-state index in [2.05, 4.69) is 58.2 Å². The standard InChI is InChI=1S/C27H31F3N4O2/c1-19(2)22-8-6-20(7-9-22)16-33-10-12-34(13-11-33)17-25-32-24(18-36-25)26(35)31-15-21-4-3-5-23(14-21)27(28,29)30/h3-9,14,18-19H,10-13,15-17H2,1-2H3,(H,31,35). The van der Waals surface area contributed by atoms with Gasteiger partial charge in [0.2, 0.25) is 5.89 Å². The van der Waals surface area contributed by atoms with Gasteiger partial charge in [0.25, 0.3) is 5.91 Å². The van der Waals surface area contributed by atoms with Gasteiger partial charge >= 0.3 is 6.18 Å². The number of carbonyl (C=O) groups excluding carboxylic acids is 1. The molecule has 0 saturated carbocycles. The Morgan fingerprint density at radius 2 is 1.67 bits per heavy atom. The van der Waals surface area contributed by atoms with Crippen LogP contribution in [-0.2, 0) is 25.8 Å². The molecule has 2 aromatic carbocycles. The maximum Gasteiger partial charge on any atom is 0.416 e. The first kappa shape index (κ1) is 25.9. The first-order valence-electron chi connectivity index (χ1n) is 12.1. The van der Waals surface area contributed by atoms with Crippen LogP contribution in [0.1, 0.15) is 58.4 Å². The molecule has 0 spiro atoms. The first-order chi connectivity index (χ1) is 17.2. The molecule has 1 amide bonds. The molecule has 36 heavy (non-hydrogen) atoms. The number of nitrogens with zero attached hydrogens (tertiary/aromatic N) is 3. The molecule has 1 aliphatic heterocycles. The predicted molar refractivity (Wildman–Crippen MR) is 130 cm³/mol. The molecule has 0 unspecified atom stereocenters. The van der Waals surface area contributed by atoms with Gasteiger partial charge in [-0.1, -0.05) is 50.2 Å². The van der Waals surface area contributed by atoms with E-state index in [9.17, 15) is 18.0 Å². The summed E-state index contributed by atoms with van der Waals surface area (Å²) in [6, 6.07) is 13.7. The molecular weight excluding hydrogens is 469 g/mol. The van der Waals surface area contributed by atoms with E-state index in [4.69, 9.17) is 4.42 Å². The number of carbonyl (C=O) groups is 1. The van der Waals surface area contributed by atoms with Crippen molar-refractivity contribution in [3.63, 3.8) is 0 Å². The van der Waals surface area contributed by atoms with Gasteiger partial charge in [-0.25, -0.2) is 4.98 Å². The van der Waals surface area contributed by atoms with E-state index in [0.717, 1.165) is 44.9 Å². The van der Waals surface area contributed by atoms with Crippen LogP contribution in [0, 0.1) is 0 Å². The fourth-order valence-corrected chi connectivity index (χ4v) is 4.18. The molecule has 1 fully saturated rings. The van der Waals surface area contributed by atoms with Gasteiger partial charge in [-0.05, 0) is 34.7 Å². The Labute approximate surface area is 209 Å². The first-order valence-corrected chi connectivity index (χ1v) is 12.1. The van der Waals surface area contributed by atoms with Crippen molar-refractivity contribution in [2.45, 2.75) is 45.6 Å². The van der Waals surface area contributed by atoms with Crippen LogP contribution in [-0.4, -0.2) is 46.9 Å². The summed E-state index contributed by atoms with van der Waals surface area (Å²) in [4.78, 5) is 21.3. The zero-order chi connectivity index (χ0) is 25.7. The van der Waals surface area contributed by atoms with Crippen LogP contribution in [0.25, 0.3) is 0 Å². The predicted octanol–water partition coefficient (Wildman–Crippen LogP) is 5.06. The molecule has 0 radical (unpaired) electrons. The molecular formula is C27H31F3N4O2. The van der Waals surface area contributed by atoms with Crippen LogP contribution in [0.5, 0.6) is 0 Å². The van der Waals surface area contributed by atoms with Crippen LogP contribution < -0.4 is 5.32 Å². The van der Waals surface area contributed by atoms with Crippen molar-refractivity contribution in [3.8, 4) is 0 Å². The van der Waals surface area contributed by atoms with Crippen molar-refractivity contribution >= 4 is 5.91 Å². The second-order valence-electron chi connectivity index (χ2n) is 9.46. The smallest absolute Gasteiger partial charge is 0.416 e. The van der Waals surface area contributed by atoms with E-state index in [-0.39, 0.29) is 12.2 Å². The third kappa shape index (κ3) is 6.95. The van der Waals surface area contributed by atoms with Crippen LogP contribution in [0.2, 0.25) is 0 Å². The van der Waals surface area contributed by atoms with E-state index >= 15 is 0 Å². The molecule has 4 rings (SSSR count). The molecule has 3 aromatic rings. The van der Waals surface area contributed by atoms with Crippen molar-refractivity contribution in [3.05, 3.63) is 88.6 Å². The number of hydrogen-bond acceptors (Lipinski definition) is 5. The normalized spacial score (nSPS) is 15.4. The summed E-state index contributed by atoms with van der Waals surface area (Å²) in [6.45, 7) is 9.35. The number of aromatic nitrogens is 1. The van der Waals surface area contributed by atoms with Crippen molar-refractivity contribution in [2.75, 3.05) is 26.2 Å². The topological polar surface area (TPSA) is 61.6 Å². The van der Waals surface area contributed by atoms with Crippen molar-refractivity contribution in [1.29, 1.82) is 0 Å². The quantitative estimate of drug-likeness (QED) is 0.468. The van der Waals surface area contributed by atoms with Crippen LogP contribution >= 0.6 is 0 Å². The molecule has 192 valence electrons. The minimum absolute atomic E-state index is 0.0346. The fourth-order valence-electron chi connectivity index (χ4n) is 4.18. The molecule has 0 aliphatic carbocycles. The van der Waals surface area contributed by atoms with E-state index in [1.165, 1.54) is 29.5 Å². The number of halogens is 3. The van der Waals surface area contributed by atoms with E-state index < -0.39 is 17.6 Å². The van der Waals surface area contributed by atoms with Gasteiger partial charge in [0.05, 0.1) is 12.1 Å². The van der Waals surface area contributed by atoms with Gasteiger partial charge in [-0.2, -0.15) is 13.2 Å². The average Bonchev–Trinajstić information content (AvgIpc) is 3.32. The lowest BCUT2D eigenvalue weighted by atomic mass is 10.0. The molecule has 9 heteroatoms. The Morgan fingerprint density at radius 1 is 1.00 bits per heavy atom. The number of hydrogen-bond donors (Lipinski definition) is 1. The third-order valence-corrected chi connectivity index (χ3v) is 6.37. The summed E-state index contributed by atoms with van der Waals surface area (Å²) in [7, 11) is 0. The Morgan fingerprint density at radius 3 is 2.31 bits per heavy atom. The highest BCUT2D eigenvalue weighted by molar-refractivity contribution is 5.91.